The highest BCUT2D eigenvalue weighted by Crippen LogP contribution is 2.32. The summed E-state index contributed by atoms with van der Waals surface area (Å²) in [6.45, 7) is 0.720. The van der Waals surface area contributed by atoms with Gasteiger partial charge in [0.05, 0.1) is 16.6 Å². The van der Waals surface area contributed by atoms with Crippen LogP contribution in [0, 0.1) is 11.8 Å². The molecule has 0 fully saturated rings. The summed E-state index contributed by atoms with van der Waals surface area (Å²) in [4.78, 5) is 0. The summed E-state index contributed by atoms with van der Waals surface area (Å²) < 4.78 is 5.68. The lowest BCUT2D eigenvalue weighted by molar-refractivity contribution is 0.306. The fraction of sp³-hybridized carbons (Fsp3) is 0.125. The third kappa shape index (κ3) is 3.91. The summed E-state index contributed by atoms with van der Waals surface area (Å²) in [6, 6.07) is 13.0. The Morgan fingerprint density at radius 1 is 1.05 bits per heavy atom. The van der Waals surface area contributed by atoms with Crippen LogP contribution in [0.3, 0.4) is 0 Å². The highest BCUT2D eigenvalue weighted by molar-refractivity contribution is 6.37. The van der Waals surface area contributed by atoms with Gasteiger partial charge in [0.15, 0.2) is 5.75 Å². The molecule has 0 aromatic heterocycles. The molecule has 2 N–H and O–H groups in total. The number of hydrogen-bond acceptors (Lipinski definition) is 2. The summed E-state index contributed by atoms with van der Waals surface area (Å²) in [5.41, 5.74) is 7.25. The number of rotatable bonds is 3. The molecule has 4 heteroatoms. The van der Waals surface area contributed by atoms with Crippen LogP contribution in [0.2, 0.25) is 10.0 Å². The van der Waals surface area contributed by atoms with E-state index >= 15 is 0 Å². The highest BCUT2D eigenvalue weighted by atomic mass is 35.5. The van der Waals surface area contributed by atoms with E-state index in [1.807, 2.05) is 24.3 Å². The lowest BCUT2D eigenvalue weighted by Gasteiger charge is -2.09. The molecule has 2 rings (SSSR count). The third-order valence-corrected chi connectivity index (χ3v) is 3.16. The monoisotopic (exact) mass is 305 g/mol. The molecule has 0 aliphatic carbocycles. The number of halogens is 2. The van der Waals surface area contributed by atoms with Gasteiger partial charge in [0.25, 0.3) is 0 Å². The van der Waals surface area contributed by atoms with Crippen molar-refractivity contribution in [1.29, 1.82) is 0 Å². The maximum atomic E-state index is 6.05. The maximum absolute atomic E-state index is 6.05. The second-order valence-corrected chi connectivity index (χ2v) is 4.86. The van der Waals surface area contributed by atoms with Crippen LogP contribution in [0.5, 0.6) is 5.75 Å². The van der Waals surface area contributed by atoms with Gasteiger partial charge in [0, 0.05) is 5.56 Å². The van der Waals surface area contributed by atoms with Crippen molar-refractivity contribution in [3.05, 3.63) is 63.6 Å². The predicted octanol–water partition coefficient (Wildman–Crippen LogP) is 3.88. The number of hydrogen-bond donors (Lipinski definition) is 1. The maximum Gasteiger partial charge on any atom is 0.156 e. The smallest absolute Gasteiger partial charge is 0.156 e. The Hall–Kier alpha value is -1.66. The molecule has 0 amide bonds. The Bertz CT molecular complexity index is 639. The molecule has 0 radical (unpaired) electrons. The first-order valence-corrected chi connectivity index (χ1v) is 6.81. The summed E-state index contributed by atoms with van der Waals surface area (Å²) in [7, 11) is 0. The van der Waals surface area contributed by atoms with E-state index in [0.29, 0.717) is 28.9 Å². The van der Waals surface area contributed by atoms with Gasteiger partial charge in [0.1, 0.15) is 6.61 Å². The lowest BCUT2D eigenvalue weighted by atomic mass is 10.1. The van der Waals surface area contributed by atoms with Crippen molar-refractivity contribution < 1.29 is 4.74 Å². The van der Waals surface area contributed by atoms with Crippen LogP contribution in [0.1, 0.15) is 11.1 Å². The molecule has 2 aromatic rings. The molecule has 2 nitrogen and oxygen atoms in total. The quantitative estimate of drug-likeness (QED) is 0.873. The third-order valence-electron chi connectivity index (χ3n) is 2.56. The Labute approximate surface area is 128 Å². The van der Waals surface area contributed by atoms with Gasteiger partial charge in [-0.15, -0.1) is 0 Å². The number of nitrogens with two attached hydrogens (primary N) is 1. The molecule has 0 atom stereocenters. The molecule has 0 heterocycles. The first-order valence-electron chi connectivity index (χ1n) is 6.05. The summed E-state index contributed by atoms with van der Waals surface area (Å²) >= 11 is 12.1. The molecule has 0 unspecified atom stereocenters. The Morgan fingerprint density at radius 3 is 2.45 bits per heavy atom. The molecule has 0 spiro atoms. The minimum Gasteiger partial charge on any atom is -0.486 e. The molecular formula is C16H13Cl2NO. The van der Waals surface area contributed by atoms with Crippen LogP contribution in [-0.4, -0.2) is 6.54 Å². The van der Waals surface area contributed by atoms with Crippen LogP contribution in [0.15, 0.2) is 42.5 Å². The number of ether oxygens (including phenoxy) is 1. The molecule has 0 saturated carbocycles. The van der Waals surface area contributed by atoms with E-state index in [1.54, 1.807) is 18.2 Å². The molecule has 102 valence electrons. The fourth-order valence-electron chi connectivity index (χ4n) is 1.67. The van der Waals surface area contributed by atoms with Gasteiger partial charge in [0.2, 0.25) is 0 Å². The zero-order valence-corrected chi connectivity index (χ0v) is 12.2. The molecule has 2 aromatic carbocycles. The van der Waals surface area contributed by atoms with Gasteiger partial charge in [-0.1, -0.05) is 53.2 Å². The van der Waals surface area contributed by atoms with Gasteiger partial charge >= 0.3 is 0 Å². The van der Waals surface area contributed by atoms with E-state index in [0.717, 1.165) is 11.1 Å². The van der Waals surface area contributed by atoms with Crippen molar-refractivity contribution in [2.24, 2.45) is 5.73 Å². The number of benzene rings is 2. The number of para-hydroxylation sites is 1. The average molecular weight is 306 g/mol. The van der Waals surface area contributed by atoms with Crippen molar-refractivity contribution in [2.75, 3.05) is 6.54 Å². The summed E-state index contributed by atoms with van der Waals surface area (Å²) in [5, 5.41) is 0.994. The van der Waals surface area contributed by atoms with E-state index in [-0.39, 0.29) is 0 Å². The zero-order valence-electron chi connectivity index (χ0n) is 10.7. The Kier molecular flexibility index (Phi) is 5.31. The molecule has 20 heavy (non-hydrogen) atoms. The SMILES string of the molecule is NCC#Cc1cccc(COc2c(Cl)cccc2Cl)c1. The van der Waals surface area contributed by atoms with E-state index in [9.17, 15) is 0 Å². The van der Waals surface area contributed by atoms with Crippen LogP contribution >= 0.6 is 23.2 Å². The summed E-state index contributed by atoms with van der Waals surface area (Å²) in [6.07, 6.45) is 0. The van der Waals surface area contributed by atoms with Crippen LogP contribution in [-0.2, 0) is 6.61 Å². The normalized spacial score (nSPS) is 9.75. The van der Waals surface area contributed by atoms with Gasteiger partial charge in [-0.2, -0.15) is 0 Å². The van der Waals surface area contributed by atoms with Crippen LogP contribution in [0.25, 0.3) is 0 Å². The van der Waals surface area contributed by atoms with Crippen molar-refractivity contribution in [3.63, 3.8) is 0 Å². The van der Waals surface area contributed by atoms with Crippen molar-refractivity contribution in [1.82, 2.24) is 0 Å². The van der Waals surface area contributed by atoms with Gasteiger partial charge in [-0.25, -0.2) is 0 Å². The second kappa shape index (κ2) is 7.21. The summed E-state index contributed by atoms with van der Waals surface area (Å²) in [5.74, 6) is 6.30. The van der Waals surface area contributed by atoms with Crippen LogP contribution < -0.4 is 10.5 Å². The molecule has 0 saturated heterocycles. The minimum absolute atomic E-state index is 0.343. The Balaban J connectivity index is 2.11. The van der Waals surface area contributed by atoms with E-state index in [4.69, 9.17) is 33.7 Å². The zero-order chi connectivity index (χ0) is 14.4. The van der Waals surface area contributed by atoms with E-state index < -0.39 is 0 Å². The Morgan fingerprint density at radius 2 is 1.75 bits per heavy atom. The fourth-order valence-corrected chi connectivity index (χ4v) is 2.17. The first kappa shape index (κ1) is 14.7. The van der Waals surface area contributed by atoms with E-state index in [2.05, 4.69) is 11.8 Å². The molecule has 0 bridgehead atoms. The topological polar surface area (TPSA) is 35.2 Å². The molecular weight excluding hydrogens is 293 g/mol. The predicted molar refractivity (Wildman–Crippen MR) is 83.2 cm³/mol. The van der Waals surface area contributed by atoms with E-state index in [1.165, 1.54) is 0 Å². The molecule has 0 aliphatic heterocycles. The lowest BCUT2D eigenvalue weighted by Crippen LogP contribution is -1.97. The van der Waals surface area contributed by atoms with Crippen molar-refractivity contribution >= 4 is 23.2 Å². The van der Waals surface area contributed by atoms with Crippen molar-refractivity contribution in [3.8, 4) is 17.6 Å². The highest BCUT2D eigenvalue weighted by Gasteiger charge is 2.06. The van der Waals surface area contributed by atoms with Gasteiger partial charge in [-0.05, 0) is 29.8 Å². The standard InChI is InChI=1S/C16H13Cl2NO/c17-14-7-2-8-15(18)16(14)20-11-13-5-1-4-12(10-13)6-3-9-19/h1-2,4-5,7-8,10H,9,11,19H2. The average Bonchev–Trinajstić information content (AvgIpc) is 2.45. The van der Waals surface area contributed by atoms with Crippen molar-refractivity contribution in [2.45, 2.75) is 6.61 Å². The largest absolute Gasteiger partial charge is 0.486 e. The van der Waals surface area contributed by atoms with Gasteiger partial charge in [-0.3, -0.25) is 0 Å². The second-order valence-electron chi connectivity index (χ2n) is 4.05. The van der Waals surface area contributed by atoms with Gasteiger partial charge < -0.3 is 10.5 Å². The minimum atomic E-state index is 0.343. The molecule has 0 aliphatic rings. The van der Waals surface area contributed by atoms with Crippen LogP contribution in [0.4, 0.5) is 0 Å². The first-order chi connectivity index (χ1) is 9.70.